The first-order valence-corrected chi connectivity index (χ1v) is 4.98. The molecule has 15 heavy (non-hydrogen) atoms. The smallest absolute Gasteiger partial charge is 0.369 e. The van der Waals surface area contributed by atoms with Gasteiger partial charge in [0.05, 0.1) is 12.0 Å². The predicted octanol–water partition coefficient (Wildman–Crippen LogP) is -0.959. The molecule has 9 nitrogen and oxygen atoms in total. The Bertz CT molecular complexity index is 498. The van der Waals surface area contributed by atoms with Crippen LogP contribution in [0.5, 0.6) is 5.88 Å². The fourth-order valence-electron chi connectivity index (χ4n) is 0.861. The second-order valence-electron chi connectivity index (χ2n) is 2.34. The lowest BCUT2D eigenvalue weighted by atomic mass is 10.5. The third kappa shape index (κ3) is 2.16. The number of hydrogen-bond acceptors (Lipinski definition) is 7. The minimum Gasteiger partial charge on any atom is -0.476 e. The molecule has 10 heteroatoms. The lowest BCUT2D eigenvalue weighted by Gasteiger charge is -2.02. The van der Waals surface area contributed by atoms with Crippen LogP contribution in [0.15, 0.2) is 11.4 Å². The molecule has 0 aromatic carbocycles. The van der Waals surface area contributed by atoms with E-state index in [-0.39, 0.29) is 0 Å². The Labute approximate surface area is 84.1 Å². The summed E-state index contributed by atoms with van der Waals surface area (Å²) in [5, 5.41) is 14.4. The maximum atomic E-state index is 11.0. The van der Waals surface area contributed by atoms with Crippen molar-refractivity contribution in [3.63, 3.8) is 0 Å². The summed E-state index contributed by atoms with van der Waals surface area (Å²) in [4.78, 5) is 16.2. The third-order valence-corrected chi connectivity index (χ3v) is 2.24. The third-order valence-electron chi connectivity index (χ3n) is 1.40. The Morgan fingerprint density at radius 2 is 2.13 bits per heavy atom. The van der Waals surface area contributed by atoms with Crippen molar-refractivity contribution in [2.45, 2.75) is 5.03 Å². The van der Waals surface area contributed by atoms with Crippen molar-refractivity contribution in [3.8, 4) is 5.88 Å². The van der Waals surface area contributed by atoms with Crippen LogP contribution in [0.3, 0.4) is 0 Å². The Morgan fingerprint density at radius 1 is 1.53 bits per heavy atom. The summed E-state index contributed by atoms with van der Waals surface area (Å²) in [5.74, 6) is -0.459. The molecule has 82 valence electrons. The van der Waals surface area contributed by atoms with Crippen molar-refractivity contribution in [3.05, 3.63) is 16.4 Å². The summed E-state index contributed by atoms with van der Waals surface area (Å²) in [7, 11) is -3.17. The van der Waals surface area contributed by atoms with Gasteiger partial charge in [0.1, 0.15) is 6.33 Å². The van der Waals surface area contributed by atoms with Crippen LogP contribution in [0.2, 0.25) is 0 Å². The van der Waals surface area contributed by atoms with Gasteiger partial charge in [-0.2, -0.15) is 4.98 Å². The SMILES string of the molecule is COc1ncnc(S(N)(=O)=O)c1[N+](=O)[O-]. The molecule has 0 radical (unpaired) electrons. The van der Waals surface area contributed by atoms with Crippen molar-refractivity contribution in [1.82, 2.24) is 9.97 Å². The van der Waals surface area contributed by atoms with Gasteiger partial charge in [0.2, 0.25) is 0 Å². The number of nitro groups is 1. The average molecular weight is 234 g/mol. The first-order chi connectivity index (χ1) is 6.88. The monoisotopic (exact) mass is 234 g/mol. The van der Waals surface area contributed by atoms with Crippen molar-refractivity contribution in [2.75, 3.05) is 7.11 Å². The van der Waals surface area contributed by atoms with Gasteiger partial charge in [-0.05, 0) is 0 Å². The molecule has 0 bridgehead atoms. The molecule has 1 rings (SSSR count). The van der Waals surface area contributed by atoms with Crippen LogP contribution in [0, 0.1) is 10.1 Å². The molecule has 0 aliphatic rings. The van der Waals surface area contributed by atoms with Crippen LogP contribution in [0.25, 0.3) is 0 Å². The van der Waals surface area contributed by atoms with Crippen LogP contribution < -0.4 is 9.88 Å². The minimum absolute atomic E-state index is 0.459. The van der Waals surface area contributed by atoms with Crippen molar-refractivity contribution >= 4 is 15.7 Å². The minimum atomic E-state index is -4.28. The van der Waals surface area contributed by atoms with Gasteiger partial charge in [-0.25, -0.2) is 18.5 Å². The Hall–Kier alpha value is -1.81. The molecule has 1 aromatic rings. The fourth-order valence-corrected chi connectivity index (χ4v) is 1.49. The fraction of sp³-hybridized carbons (Fsp3) is 0.200. The van der Waals surface area contributed by atoms with Crippen molar-refractivity contribution in [1.29, 1.82) is 0 Å². The van der Waals surface area contributed by atoms with Gasteiger partial charge in [0.25, 0.3) is 20.9 Å². The van der Waals surface area contributed by atoms with Gasteiger partial charge < -0.3 is 4.74 Å². The number of nitrogens with two attached hydrogens (primary N) is 1. The van der Waals surface area contributed by atoms with Crippen LogP contribution in [-0.2, 0) is 10.0 Å². The summed E-state index contributed by atoms with van der Waals surface area (Å²) in [6, 6.07) is 0. The van der Waals surface area contributed by atoms with Crippen molar-refractivity contribution in [2.24, 2.45) is 5.14 Å². The van der Waals surface area contributed by atoms with Gasteiger partial charge >= 0.3 is 5.69 Å². The molecule has 1 heterocycles. The van der Waals surface area contributed by atoms with E-state index in [1.807, 2.05) is 0 Å². The summed E-state index contributed by atoms with van der Waals surface area (Å²) < 4.78 is 26.4. The summed E-state index contributed by atoms with van der Waals surface area (Å²) >= 11 is 0. The number of aromatic nitrogens is 2. The lowest BCUT2D eigenvalue weighted by molar-refractivity contribution is -0.389. The summed E-state index contributed by atoms with van der Waals surface area (Å²) in [6.07, 6.45) is 0.811. The highest BCUT2D eigenvalue weighted by Gasteiger charge is 2.30. The molecule has 0 aliphatic carbocycles. The molecule has 0 atom stereocenters. The maximum Gasteiger partial charge on any atom is 0.369 e. The van der Waals surface area contributed by atoms with Crippen LogP contribution >= 0.6 is 0 Å². The van der Waals surface area contributed by atoms with E-state index in [0.717, 1.165) is 13.4 Å². The molecular weight excluding hydrogens is 228 g/mol. The molecular formula is C5H6N4O5S. The van der Waals surface area contributed by atoms with E-state index in [0.29, 0.717) is 0 Å². The average Bonchev–Trinajstić information content (AvgIpc) is 2.15. The number of sulfonamides is 1. The maximum absolute atomic E-state index is 11.0. The first-order valence-electron chi connectivity index (χ1n) is 3.44. The first kappa shape index (κ1) is 11.3. The van der Waals surface area contributed by atoms with E-state index >= 15 is 0 Å². The molecule has 2 N–H and O–H groups in total. The van der Waals surface area contributed by atoms with Crippen LogP contribution in [-0.4, -0.2) is 30.4 Å². The lowest BCUT2D eigenvalue weighted by Crippen LogP contribution is -2.17. The molecule has 1 aromatic heterocycles. The molecule has 0 saturated carbocycles. The van der Waals surface area contributed by atoms with E-state index in [4.69, 9.17) is 5.14 Å². The largest absolute Gasteiger partial charge is 0.476 e. The van der Waals surface area contributed by atoms with E-state index < -0.39 is 31.5 Å². The quantitative estimate of drug-likeness (QED) is 0.403. The van der Waals surface area contributed by atoms with Crippen molar-refractivity contribution < 1.29 is 18.1 Å². The standard InChI is InChI=1S/C5H6N4O5S/c1-14-4-3(9(10)11)5(8-2-7-4)15(6,12)13/h2H,1H3,(H2,6,12,13). The van der Waals surface area contributed by atoms with Gasteiger partial charge in [-0.3, -0.25) is 10.1 Å². The molecule has 0 fully saturated rings. The highest BCUT2D eigenvalue weighted by atomic mass is 32.2. The molecule has 0 aliphatic heterocycles. The van der Waals surface area contributed by atoms with Crippen LogP contribution in [0.4, 0.5) is 5.69 Å². The molecule has 0 amide bonds. The van der Waals surface area contributed by atoms with E-state index in [1.54, 1.807) is 0 Å². The van der Waals surface area contributed by atoms with E-state index in [1.165, 1.54) is 0 Å². The zero-order chi connectivity index (χ0) is 11.6. The van der Waals surface area contributed by atoms with Gasteiger partial charge in [-0.1, -0.05) is 0 Å². The zero-order valence-corrected chi connectivity index (χ0v) is 8.26. The van der Waals surface area contributed by atoms with Gasteiger partial charge in [-0.15, -0.1) is 0 Å². The number of ether oxygens (including phenoxy) is 1. The van der Waals surface area contributed by atoms with Gasteiger partial charge in [0, 0.05) is 0 Å². The topological polar surface area (TPSA) is 138 Å². The summed E-state index contributed by atoms with van der Waals surface area (Å²) in [5.41, 5.74) is -0.873. The van der Waals surface area contributed by atoms with Crippen LogP contribution in [0.1, 0.15) is 0 Å². The molecule has 0 spiro atoms. The second kappa shape index (κ2) is 3.74. The van der Waals surface area contributed by atoms with E-state index in [2.05, 4.69) is 14.7 Å². The Morgan fingerprint density at radius 3 is 2.53 bits per heavy atom. The highest BCUT2D eigenvalue weighted by Crippen LogP contribution is 2.28. The van der Waals surface area contributed by atoms with E-state index in [9.17, 15) is 18.5 Å². The highest BCUT2D eigenvalue weighted by molar-refractivity contribution is 7.89. The number of methoxy groups -OCH3 is 1. The predicted molar refractivity (Wildman–Crippen MR) is 46.6 cm³/mol. The zero-order valence-electron chi connectivity index (χ0n) is 7.45. The molecule has 0 saturated heterocycles. The second-order valence-corrected chi connectivity index (χ2v) is 3.82. The Balaban J connectivity index is 3.60. The number of hydrogen-bond donors (Lipinski definition) is 1. The van der Waals surface area contributed by atoms with Gasteiger partial charge in [0.15, 0.2) is 0 Å². The number of primary sulfonamides is 1. The normalized spacial score (nSPS) is 11.1. The Kier molecular flexibility index (Phi) is 2.81. The molecule has 0 unspecified atom stereocenters. The number of rotatable bonds is 3. The number of nitrogens with zero attached hydrogens (tertiary/aromatic N) is 3. The summed E-state index contributed by atoms with van der Waals surface area (Å²) in [6.45, 7) is 0.